The van der Waals surface area contributed by atoms with Crippen LogP contribution < -0.4 is 4.74 Å². The Balaban J connectivity index is 2.55. The largest absolute Gasteiger partial charge is 0.497 e. The number of hydrogen-bond donors (Lipinski definition) is 0. The first-order valence-electron chi connectivity index (χ1n) is 8.85. The van der Waals surface area contributed by atoms with E-state index in [0.717, 1.165) is 17.5 Å². The second-order valence-corrected chi connectivity index (χ2v) is 7.29. The van der Waals surface area contributed by atoms with E-state index in [1.54, 1.807) is 44.6 Å². The maximum Gasteiger partial charge on any atom is 0.337 e. The second-order valence-electron chi connectivity index (χ2n) is 7.29. The quantitative estimate of drug-likeness (QED) is 0.617. The molecule has 0 aliphatic heterocycles. The summed E-state index contributed by atoms with van der Waals surface area (Å²) in [7, 11) is 4.57. The first kappa shape index (κ1) is 20.9. The predicted octanol–water partition coefficient (Wildman–Crippen LogP) is 4.89. The Hall–Kier alpha value is -2.40. The highest BCUT2D eigenvalue weighted by Crippen LogP contribution is 2.35. The van der Waals surface area contributed by atoms with Gasteiger partial charge in [0.1, 0.15) is 11.6 Å². The van der Waals surface area contributed by atoms with E-state index in [-0.39, 0.29) is 11.2 Å². The van der Waals surface area contributed by atoms with Gasteiger partial charge in [0.2, 0.25) is 0 Å². The van der Waals surface area contributed by atoms with Crippen LogP contribution >= 0.6 is 0 Å². The highest BCUT2D eigenvalue weighted by atomic mass is 19.1. The van der Waals surface area contributed by atoms with Crippen LogP contribution in [0.4, 0.5) is 4.39 Å². The number of carbonyl (C=O) groups is 1. The van der Waals surface area contributed by atoms with E-state index >= 15 is 0 Å². The van der Waals surface area contributed by atoms with Crippen molar-refractivity contribution in [3.63, 3.8) is 0 Å². The topological polar surface area (TPSA) is 44.8 Å². The molecular weight excluding hydrogens is 347 g/mol. The Bertz CT molecular complexity index is 799. The number of rotatable bonds is 8. The van der Waals surface area contributed by atoms with E-state index in [2.05, 4.69) is 13.8 Å². The SMILES string of the molecule is COCCC(C)(C)Cc1cc(C(=O)OC)ccc1-c1cc(OC)ccc1F. The zero-order chi connectivity index (χ0) is 20.0. The van der Waals surface area contributed by atoms with Crippen LogP contribution in [0.25, 0.3) is 11.1 Å². The van der Waals surface area contributed by atoms with Crippen LogP contribution in [0.2, 0.25) is 0 Å². The molecule has 0 bridgehead atoms. The van der Waals surface area contributed by atoms with Crippen molar-refractivity contribution in [3.05, 3.63) is 53.3 Å². The normalized spacial score (nSPS) is 11.3. The Kier molecular flexibility index (Phi) is 6.97. The lowest BCUT2D eigenvalue weighted by molar-refractivity contribution is 0.0600. The van der Waals surface area contributed by atoms with Gasteiger partial charge in [-0.25, -0.2) is 9.18 Å². The monoisotopic (exact) mass is 374 g/mol. The first-order valence-corrected chi connectivity index (χ1v) is 8.85. The van der Waals surface area contributed by atoms with E-state index in [1.807, 2.05) is 0 Å². The van der Waals surface area contributed by atoms with Crippen LogP contribution in [0.1, 0.15) is 36.2 Å². The molecule has 0 saturated heterocycles. The number of carbonyl (C=O) groups excluding carboxylic acids is 1. The Labute approximate surface area is 160 Å². The van der Waals surface area contributed by atoms with Crippen molar-refractivity contribution in [2.45, 2.75) is 26.7 Å². The second kappa shape index (κ2) is 9.00. The third-order valence-electron chi connectivity index (χ3n) is 4.64. The van der Waals surface area contributed by atoms with Crippen LogP contribution in [0.5, 0.6) is 5.75 Å². The zero-order valence-electron chi connectivity index (χ0n) is 16.6. The van der Waals surface area contributed by atoms with Crippen LogP contribution in [-0.4, -0.2) is 33.9 Å². The molecule has 5 heteroatoms. The van der Waals surface area contributed by atoms with E-state index in [0.29, 0.717) is 29.9 Å². The summed E-state index contributed by atoms with van der Waals surface area (Å²) in [4.78, 5) is 12.0. The van der Waals surface area contributed by atoms with Gasteiger partial charge < -0.3 is 14.2 Å². The molecule has 0 N–H and O–H groups in total. The van der Waals surface area contributed by atoms with Crippen molar-refractivity contribution in [2.24, 2.45) is 5.41 Å². The number of benzene rings is 2. The van der Waals surface area contributed by atoms with E-state index < -0.39 is 5.97 Å². The fourth-order valence-corrected chi connectivity index (χ4v) is 3.07. The lowest BCUT2D eigenvalue weighted by atomic mass is 9.80. The van der Waals surface area contributed by atoms with E-state index in [9.17, 15) is 9.18 Å². The lowest BCUT2D eigenvalue weighted by Crippen LogP contribution is -2.18. The Morgan fingerprint density at radius 1 is 1.04 bits per heavy atom. The van der Waals surface area contributed by atoms with Gasteiger partial charge in [-0.2, -0.15) is 0 Å². The summed E-state index contributed by atoms with van der Waals surface area (Å²) in [6.45, 7) is 4.89. The van der Waals surface area contributed by atoms with Gasteiger partial charge >= 0.3 is 5.97 Å². The van der Waals surface area contributed by atoms with Crippen LogP contribution in [0.15, 0.2) is 36.4 Å². The van der Waals surface area contributed by atoms with Crippen LogP contribution in [0.3, 0.4) is 0 Å². The van der Waals surface area contributed by atoms with Gasteiger partial charge in [0.25, 0.3) is 0 Å². The van der Waals surface area contributed by atoms with Crippen molar-refractivity contribution in [3.8, 4) is 16.9 Å². The molecule has 0 spiro atoms. The van der Waals surface area contributed by atoms with E-state index in [1.165, 1.54) is 13.2 Å². The van der Waals surface area contributed by atoms with Crippen molar-refractivity contribution in [1.82, 2.24) is 0 Å². The van der Waals surface area contributed by atoms with Crippen molar-refractivity contribution < 1.29 is 23.4 Å². The summed E-state index contributed by atoms with van der Waals surface area (Å²) in [5.74, 6) is -0.172. The third-order valence-corrected chi connectivity index (χ3v) is 4.64. The number of hydrogen-bond acceptors (Lipinski definition) is 4. The fraction of sp³-hybridized carbons (Fsp3) is 0.409. The molecule has 0 radical (unpaired) electrons. The molecule has 0 amide bonds. The molecule has 0 aliphatic carbocycles. The molecule has 2 rings (SSSR count). The van der Waals surface area contributed by atoms with Gasteiger partial charge in [-0.05, 0) is 59.7 Å². The first-order chi connectivity index (χ1) is 12.8. The molecule has 0 fully saturated rings. The number of ether oxygens (including phenoxy) is 3. The van der Waals surface area contributed by atoms with Crippen molar-refractivity contribution in [1.29, 1.82) is 0 Å². The summed E-state index contributed by atoms with van der Waals surface area (Å²) in [6, 6.07) is 9.87. The molecule has 0 aliphatic rings. The fourth-order valence-electron chi connectivity index (χ4n) is 3.07. The number of halogens is 1. The minimum atomic E-state index is -0.413. The molecule has 0 heterocycles. The molecule has 0 unspecified atom stereocenters. The Morgan fingerprint density at radius 3 is 2.41 bits per heavy atom. The summed E-state index contributed by atoms with van der Waals surface area (Å²) in [5.41, 5.74) is 2.43. The van der Waals surface area contributed by atoms with Gasteiger partial charge in [-0.1, -0.05) is 19.9 Å². The molecule has 0 saturated carbocycles. The molecular formula is C22H27FO4. The maximum atomic E-state index is 14.6. The van der Waals surface area contributed by atoms with E-state index in [4.69, 9.17) is 14.2 Å². The molecule has 4 nitrogen and oxygen atoms in total. The highest BCUT2D eigenvalue weighted by molar-refractivity contribution is 5.90. The Morgan fingerprint density at radius 2 is 1.78 bits per heavy atom. The van der Waals surface area contributed by atoms with Crippen molar-refractivity contribution >= 4 is 5.97 Å². The minimum absolute atomic E-state index is 0.0884. The van der Waals surface area contributed by atoms with Gasteiger partial charge in [0.05, 0.1) is 19.8 Å². The summed E-state index contributed by atoms with van der Waals surface area (Å²) >= 11 is 0. The van der Waals surface area contributed by atoms with Gasteiger partial charge in [-0.3, -0.25) is 0 Å². The molecule has 27 heavy (non-hydrogen) atoms. The lowest BCUT2D eigenvalue weighted by Gasteiger charge is -2.26. The standard InChI is InChI=1S/C22H27FO4/c1-22(2,10-11-25-3)14-16-12-15(21(24)27-5)6-8-18(16)19-13-17(26-4)7-9-20(19)23/h6-9,12-13H,10-11,14H2,1-5H3. The summed E-state index contributed by atoms with van der Waals surface area (Å²) < 4.78 is 29.9. The zero-order valence-corrected chi connectivity index (χ0v) is 16.6. The number of esters is 1. The number of methoxy groups -OCH3 is 3. The molecule has 146 valence electrons. The maximum absolute atomic E-state index is 14.6. The van der Waals surface area contributed by atoms with Crippen molar-refractivity contribution in [2.75, 3.05) is 27.9 Å². The molecule has 2 aromatic rings. The van der Waals surface area contributed by atoms with Crippen LogP contribution in [-0.2, 0) is 15.9 Å². The summed E-state index contributed by atoms with van der Waals surface area (Å²) in [6.07, 6.45) is 1.50. The highest BCUT2D eigenvalue weighted by Gasteiger charge is 2.22. The van der Waals surface area contributed by atoms with Gasteiger partial charge in [-0.15, -0.1) is 0 Å². The molecule has 0 atom stereocenters. The van der Waals surface area contributed by atoms with Gasteiger partial charge in [0.15, 0.2) is 0 Å². The average molecular weight is 374 g/mol. The van der Waals surface area contributed by atoms with Crippen LogP contribution in [0, 0.1) is 11.2 Å². The van der Waals surface area contributed by atoms with Gasteiger partial charge in [0, 0.05) is 19.3 Å². The average Bonchev–Trinajstić information content (AvgIpc) is 2.66. The molecule has 0 aromatic heterocycles. The minimum Gasteiger partial charge on any atom is -0.497 e. The smallest absolute Gasteiger partial charge is 0.337 e. The summed E-state index contributed by atoms with van der Waals surface area (Å²) in [5, 5.41) is 0. The third kappa shape index (κ3) is 5.30. The predicted molar refractivity (Wildman–Crippen MR) is 104 cm³/mol. The molecule has 2 aromatic carbocycles.